The molecule has 94 valence electrons. The molecule has 3 nitrogen and oxygen atoms in total. The van der Waals surface area contributed by atoms with Gasteiger partial charge in [0.2, 0.25) is 0 Å². The Morgan fingerprint density at radius 2 is 1.89 bits per heavy atom. The average molecular weight is 243 g/mol. The molecule has 0 saturated heterocycles. The van der Waals surface area contributed by atoms with Crippen LogP contribution in [-0.2, 0) is 11.2 Å². The Morgan fingerprint density at radius 3 is 2.61 bits per heavy atom. The SMILES string of the molecule is Cc1ccc2cc(CC(N)CC(=O)O)ccc2c1. The fraction of sp³-hybridized carbons (Fsp3) is 0.267. The average Bonchev–Trinajstić information content (AvgIpc) is 2.28. The number of fused-ring (bicyclic) bond motifs is 1. The number of rotatable bonds is 4. The minimum Gasteiger partial charge on any atom is -0.481 e. The van der Waals surface area contributed by atoms with E-state index in [1.165, 1.54) is 16.3 Å². The third-order valence-corrected chi connectivity index (χ3v) is 2.99. The van der Waals surface area contributed by atoms with E-state index in [9.17, 15) is 4.79 Å². The number of benzene rings is 2. The predicted molar refractivity (Wildman–Crippen MR) is 72.6 cm³/mol. The van der Waals surface area contributed by atoms with Crippen LogP contribution in [0, 0.1) is 6.92 Å². The van der Waals surface area contributed by atoms with Gasteiger partial charge in [-0.25, -0.2) is 0 Å². The normalized spacial score (nSPS) is 12.6. The van der Waals surface area contributed by atoms with Gasteiger partial charge in [-0.05, 0) is 29.7 Å². The molecule has 2 aromatic carbocycles. The van der Waals surface area contributed by atoms with Crippen molar-refractivity contribution in [1.29, 1.82) is 0 Å². The lowest BCUT2D eigenvalue weighted by Gasteiger charge is -2.10. The summed E-state index contributed by atoms with van der Waals surface area (Å²) in [6, 6.07) is 12.1. The molecule has 18 heavy (non-hydrogen) atoms. The number of aliphatic carboxylic acids is 1. The lowest BCUT2D eigenvalue weighted by Crippen LogP contribution is -2.26. The van der Waals surface area contributed by atoms with Gasteiger partial charge in [0, 0.05) is 6.04 Å². The summed E-state index contributed by atoms with van der Waals surface area (Å²) in [5.41, 5.74) is 8.11. The Labute approximate surface area is 106 Å². The summed E-state index contributed by atoms with van der Waals surface area (Å²) in [6.45, 7) is 2.07. The minimum absolute atomic E-state index is 0.00589. The molecule has 0 aliphatic carbocycles. The van der Waals surface area contributed by atoms with Gasteiger partial charge in [-0.15, -0.1) is 0 Å². The van der Waals surface area contributed by atoms with Crippen molar-refractivity contribution in [3.63, 3.8) is 0 Å². The molecule has 3 heteroatoms. The van der Waals surface area contributed by atoms with Gasteiger partial charge in [0.25, 0.3) is 0 Å². The summed E-state index contributed by atoms with van der Waals surface area (Å²) in [5.74, 6) is -0.848. The van der Waals surface area contributed by atoms with Gasteiger partial charge in [0.05, 0.1) is 6.42 Å². The summed E-state index contributed by atoms with van der Waals surface area (Å²) >= 11 is 0. The quantitative estimate of drug-likeness (QED) is 0.867. The number of nitrogens with two attached hydrogens (primary N) is 1. The van der Waals surface area contributed by atoms with Crippen molar-refractivity contribution in [2.24, 2.45) is 5.73 Å². The second-order valence-electron chi connectivity index (χ2n) is 4.75. The van der Waals surface area contributed by atoms with E-state index in [4.69, 9.17) is 10.8 Å². The number of carboxylic acids is 1. The van der Waals surface area contributed by atoms with Gasteiger partial charge in [-0.1, -0.05) is 42.0 Å². The van der Waals surface area contributed by atoms with E-state index in [1.807, 2.05) is 6.07 Å². The summed E-state index contributed by atoms with van der Waals surface area (Å²) in [5, 5.41) is 11.1. The molecule has 0 aliphatic rings. The first-order chi connectivity index (χ1) is 8.54. The minimum atomic E-state index is -0.848. The van der Waals surface area contributed by atoms with Crippen molar-refractivity contribution in [3.8, 4) is 0 Å². The molecule has 3 N–H and O–H groups in total. The molecule has 0 amide bonds. The third-order valence-electron chi connectivity index (χ3n) is 2.99. The maximum atomic E-state index is 10.6. The van der Waals surface area contributed by atoms with E-state index in [-0.39, 0.29) is 12.5 Å². The summed E-state index contributed by atoms with van der Waals surface area (Å²) in [7, 11) is 0. The summed E-state index contributed by atoms with van der Waals surface area (Å²) in [4.78, 5) is 10.6. The monoisotopic (exact) mass is 243 g/mol. The largest absolute Gasteiger partial charge is 0.481 e. The Balaban J connectivity index is 2.20. The van der Waals surface area contributed by atoms with Gasteiger partial charge in [-0.2, -0.15) is 0 Å². The number of aryl methyl sites for hydroxylation is 1. The van der Waals surface area contributed by atoms with E-state index >= 15 is 0 Å². The highest BCUT2D eigenvalue weighted by atomic mass is 16.4. The maximum Gasteiger partial charge on any atom is 0.304 e. The van der Waals surface area contributed by atoms with Gasteiger partial charge in [0.15, 0.2) is 0 Å². The fourth-order valence-corrected chi connectivity index (χ4v) is 2.14. The molecule has 1 atom stereocenters. The lowest BCUT2D eigenvalue weighted by atomic mass is 10.00. The van der Waals surface area contributed by atoms with Gasteiger partial charge in [-0.3, -0.25) is 4.79 Å². The Hall–Kier alpha value is -1.87. The fourth-order valence-electron chi connectivity index (χ4n) is 2.14. The van der Waals surface area contributed by atoms with Crippen molar-refractivity contribution in [2.45, 2.75) is 25.8 Å². The van der Waals surface area contributed by atoms with E-state index < -0.39 is 5.97 Å². The van der Waals surface area contributed by atoms with E-state index in [1.54, 1.807) is 0 Å². The zero-order valence-corrected chi connectivity index (χ0v) is 10.4. The number of carboxylic acid groups (broad SMARTS) is 1. The first kappa shape index (κ1) is 12.6. The maximum absolute atomic E-state index is 10.6. The van der Waals surface area contributed by atoms with Crippen LogP contribution in [0.2, 0.25) is 0 Å². The van der Waals surface area contributed by atoms with Crippen molar-refractivity contribution >= 4 is 16.7 Å². The highest BCUT2D eigenvalue weighted by molar-refractivity contribution is 5.83. The lowest BCUT2D eigenvalue weighted by molar-refractivity contribution is -0.137. The van der Waals surface area contributed by atoms with Crippen LogP contribution >= 0.6 is 0 Å². The van der Waals surface area contributed by atoms with Crippen LogP contribution in [0.25, 0.3) is 10.8 Å². The smallest absolute Gasteiger partial charge is 0.304 e. The zero-order valence-electron chi connectivity index (χ0n) is 10.4. The summed E-state index contributed by atoms with van der Waals surface area (Å²) in [6.07, 6.45) is 0.599. The van der Waals surface area contributed by atoms with Crippen LogP contribution in [0.3, 0.4) is 0 Å². The van der Waals surface area contributed by atoms with Crippen molar-refractivity contribution in [2.75, 3.05) is 0 Å². The first-order valence-corrected chi connectivity index (χ1v) is 6.01. The Bertz CT molecular complexity index is 578. The van der Waals surface area contributed by atoms with Crippen LogP contribution < -0.4 is 5.73 Å². The molecule has 2 rings (SSSR count). The number of hydrogen-bond donors (Lipinski definition) is 2. The van der Waals surface area contributed by atoms with E-state index in [0.717, 1.165) is 5.56 Å². The van der Waals surface area contributed by atoms with Crippen LogP contribution in [0.15, 0.2) is 36.4 Å². The highest BCUT2D eigenvalue weighted by Gasteiger charge is 2.09. The van der Waals surface area contributed by atoms with E-state index in [0.29, 0.717) is 6.42 Å². The molecule has 0 aromatic heterocycles. The van der Waals surface area contributed by atoms with Crippen molar-refractivity contribution in [3.05, 3.63) is 47.5 Å². The van der Waals surface area contributed by atoms with Crippen LogP contribution in [0.4, 0.5) is 0 Å². The zero-order chi connectivity index (χ0) is 13.1. The molecule has 2 aromatic rings. The topological polar surface area (TPSA) is 63.3 Å². The first-order valence-electron chi connectivity index (χ1n) is 6.01. The predicted octanol–water partition coefficient (Wildman–Crippen LogP) is 2.49. The molecule has 0 spiro atoms. The van der Waals surface area contributed by atoms with Gasteiger partial charge >= 0.3 is 5.97 Å². The molecular weight excluding hydrogens is 226 g/mol. The second-order valence-corrected chi connectivity index (χ2v) is 4.75. The Morgan fingerprint density at radius 1 is 1.22 bits per heavy atom. The molecule has 0 saturated carbocycles. The van der Waals surface area contributed by atoms with Crippen LogP contribution in [0.1, 0.15) is 17.5 Å². The molecule has 0 bridgehead atoms. The van der Waals surface area contributed by atoms with E-state index in [2.05, 4.69) is 37.3 Å². The molecule has 0 radical (unpaired) electrons. The van der Waals surface area contributed by atoms with Crippen LogP contribution in [-0.4, -0.2) is 17.1 Å². The highest BCUT2D eigenvalue weighted by Crippen LogP contribution is 2.18. The van der Waals surface area contributed by atoms with Crippen molar-refractivity contribution < 1.29 is 9.90 Å². The standard InChI is InChI=1S/C15H17NO2/c1-10-2-4-13-7-11(3-5-12(13)6-10)8-14(16)9-15(17)18/h2-7,14H,8-9,16H2,1H3,(H,17,18). The van der Waals surface area contributed by atoms with Crippen molar-refractivity contribution in [1.82, 2.24) is 0 Å². The molecule has 0 aliphatic heterocycles. The molecule has 0 heterocycles. The molecular formula is C15H17NO2. The van der Waals surface area contributed by atoms with Gasteiger partial charge in [0.1, 0.15) is 0 Å². The molecule has 0 fully saturated rings. The summed E-state index contributed by atoms with van der Waals surface area (Å²) < 4.78 is 0. The Kier molecular flexibility index (Phi) is 3.63. The molecule has 1 unspecified atom stereocenters. The number of hydrogen-bond acceptors (Lipinski definition) is 2. The second kappa shape index (κ2) is 5.19. The third kappa shape index (κ3) is 3.08. The van der Waals surface area contributed by atoms with Gasteiger partial charge < -0.3 is 10.8 Å². The van der Waals surface area contributed by atoms with Crippen LogP contribution in [0.5, 0.6) is 0 Å². The number of carbonyl (C=O) groups is 1.